The Bertz CT molecular complexity index is 1420. The van der Waals surface area contributed by atoms with Crippen molar-refractivity contribution in [2.45, 2.75) is 6.42 Å². The summed E-state index contributed by atoms with van der Waals surface area (Å²) in [4.78, 5) is 36.0. The predicted molar refractivity (Wildman–Crippen MR) is 136 cm³/mol. The third kappa shape index (κ3) is 6.13. The number of benzene rings is 1. The lowest BCUT2D eigenvalue weighted by atomic mass is 10.1. The minimum absolute atomic E-state index is 0.134. The van der Waals surface area contributed by atoms with Gasteiger partial charge in [0.25, 0.3) is 5.91 Å². The minimum atomic E-state index is -0.200. The van der Waals surface area contributed by atoms with Gasteiger partial charge in [0, 0.05) is 69.9 Å². The molecule has 0 aliphatic carbocycles. The average Bonchev–Trinajstić information content (AvgIpc) is 3.37. The van der Waals surface area contributed by atoms with Gasteiger partial charge in [-0.05, 0) is 11.6 Å². The van der Waals surface area contributed by atoms with Gasteiger partial charge in [-0.3, -0.25) is 19.2 Å². The zero-order chi connectivity index (χ0) is 25.6. The van der Waals surface area contributed by atoms with Crippen LogP contribution in [0.4, 0.5) is 0 Å². The van der Waals surface area contributed by atoms with Crippen LogP contribution in [0.3, 0.4) is 0 Å². The van der Waals surface area contributed by atoms with Crippen molar-refractivity contribution in [3.8, 4) is 17.1 Å². The smallest absolute Gasteiger partial charge is 0.254 e. The van der Waals surface area contributed by atoms with Crippen LogP contribution in [0.15, 0.2) is 66.1 Å². The largest absolute Gasteiger partial charge is 0.379 e. The molecule has 0 saturated carbocycles. The number of hydrogen-bond donors (Lipinski definition) is 1. The first kappa shape index (κ1) is 24.5. The van der Waals surface area contributed by atoms with E-state index in [-0.39, 0.29) is 11.3 Å². The number of rotatable bonds is 8. The SMILES string of the molecule is Cn1cc(-n2ccc(=O)c(Cc3cccc(-c4ncc(C(=O)NCCN5CCOCC5)cn4)c3)n2)cn1. The summed E-state index contributed by atoms with van der Waals surface area (Å²) in [5, 5.41) is 11.6. The molecule has 1 fully saturated rings. The molecule has 11 heteroatoms. The van der Waals surface area contributed by atoms with Crippen LogP contribution in [-0.2, 0) is 18.2 Å². The van der Waals surface area contributed by atoms with Gasteiger partial charge in [0.15, 0.2) is 5.82 Å². The monoisotopic (exact) mass is 500 g/mol. The Hall–Kier alpha value is -4.22. The Morgan fingerprint density at radius 1 is 1.11 bits per heavy atom. The van der Waals surface area contributed by atoms with E-state index in [1.165, 1.54) is 18.5 Å². The minimum Gasteiger partial charge on any atom is -0.379 e. The van der Waals surface area contributed by atoms with Crippen molar-refractivity contribution < 1.29 is 9.53 Å². The van der Waals surface area contributed by atoms with Crippen molar-refractivity contribution in [2.75, 3.05) is 39.4 Å². The van der Waals surface area contributed by atoms with Gasteiger partial charge in [0.1, 0.15) is 11.4 Å². The number of carbonyl (C=O) groups excluding carboxylic acids is 1. The zero-order valence-electron chi connectivity index (χ0n) is 20.6. The number of morpholine rings is 1. The Balaban J connectivity index is 1.24. The molecule has 37 heavy (non-hydrogen) atoms. The summed E-state index contributed by atoms with van der Waals surface area (Å²) in [5.74, 6) is 0.300. The molecule has 1 aliphatic heterocycles. The van der Waals surface area contributed by atoms with E-state index in [0.717, 1.165) is 49.7 Å². The van der Waals surface area contributed by atoms with Gasteiger partial charge in [-0.25, -0.2) is 14.6 Å². The highest BCUT2D eigenvalue weighted by molar-refractivity contribution is 5.93. The number of ether oxygens (including phenoxy) is 1. The van der Waals surface area contributed by atoms with Crippen LogP contribution in [-0.4, -0.2) is 79.7 Å². The summed E-state index contributed by atoms with van der Waals surface area (Å²) >= 11 is 0. The van der Waals surface area contributed by atoms with Crippen molar-refractivity contribution in [3.63, 3.8) is 0 Å². The number of nitrogens with zero attached hydrogens (tertiary/aromatic N) is 7. The summed E-state index contributed by atoms with van der Waals surface area (Å²) in [6.07, 6.45) is 8.57. The van der Waals surface area contributed by atoms with E-state index in [2.05, 4.69) is 30.4 Å². The van der Waals surface area contributed by atoms with Crippen molar-refractivity contribution >= 4 is 5.91 Å². The second kappa shape index (κ2) is 11.2. The quantitative estimate of drug-likeness (QED) is 0.382. The standard InChI is InChI=1S/C26H28N8O3/c1-32-18-22(17-30-32)34-7-5-24(35)23(31-34)14-19-3-2-4-20(13-19)25-28-15-21(16-29-25)26(36)27-6-8-33-9-11-37-12-10-33/h2-5,7,13,15-18H,6,8-12,14H2,1H3,(H,27,36). The van der Waals surface area contributed by atoms with Crippen LogP contribution in [0.2, 0.25) is 0 Å². The molecule has 1 N–H and O–H groups in total. The van der Waals surface area contributed by atoms with Crippen molar-refractivity contribution in [3.05, 3.63) is 88.4 Å². The summed E-state index contributed by atoms with van der Waals surface area (Å²) in [6, 6.07) is 9.16. The first-order valence-electron chi connectivity index (χ1n) is 12.1. The average molecular weight is 501 g/mol. The molecule has 1 saturated heterocycles. The molecule has 11 nitrogen and oxygen atoms in total. The van der Waals surface area contributed by atoms with Crippen LogP contribution in [0.25, 0.3) is 17.1 Å². The lowest BCUT2D eigenvalue weighted by Crippen LogP contribution is -2.41. The lowest BCUT2D eigenvalue weighted by molar-refractivity contribution is 0.0383. The van der Waals surface area contributed by atoms with Crippen molar-refractivity contribution in [1.82, 2.24) is 39.7 Å². The predicted octanol–water partition coefficient (Wildman–Crippen LogP) is 1.08. The molecule has 1 amide bonds. The molecule has 0 bridgehead atoms. The van der Waals surface area contributed by atoms with Crippen LogP contribution in [0, 0.1) is 0 Å². The van der Waals surface area contributed by atoms with Crippen LogP contribution in [0.1, 0.15) is 21.6 Å². The molecule has 0 radical (unpaired) electrons. The van der Waals surface area contributed by atoms with Gasteiger partial charge >= 0.3 is 0 Å². The fourth-order valence-corrected chi connectivity index (χ4v) is 4.10. The first-order chi connectivity index (χ1) is 18.0. The molecule has 0 spiro atoms. The fourth-order valence-electron chi connectivity index (χ4n) is 4.10. The maximum atomic E-state index is 12.5. The van der Waals surface area contributed by atoms with E-state index in [1.807, 2.05) is 37.5 Å². The molecule has 3 aromatic heterocycles. The van der Waals surface area contributed by atoms with E-state index in [1.54, 1.807) is 21.8 Å². The number of amides is 1. The van der Waals surface area contributed by atoms with E-state index in [0.29, 0.717) is 30.0 Å². The van der Waals surface area contributed by atoms with Crippen molar-refractivity contribution in [1.29, 1.82) is 0 Å². The van der Waals surface area contributed by atoms with Gasteiger partial charge in [-0.1, -0.05) is 18.2 Å². The Morgan fingerprint density at radius 3 is 2.68 bits per heavy atom. The van der Waals surface area contributed by atoms with E-state index >= 15 is 0 Å². The van der Waals surface area contributed by atoms with Gasteiger partial charge in [0.2, 0.25) is 5.43 Å². The van der Waals surface area contributed by atoms with Gasteiger partial charge in [0.05, 0.1) is 31.2 Å². The summed E-state index contributed by atoms with van der Waals surface area (Å²) in [7, 11) is 1.83. The molecular formula is C26H28N8O3. The maximum Gasteiger partial charge on any atom is 0.254 e. The molecular weight excluding hydrogens is 472 g/mol. The molecule has 1 aliphatic rings. The molecule has 190 valence electrons. The third-order valence-electron chi connectivity index (χ3n) is 6.12. The number of aromatic nitrogens is 6. The van der Waals surface area contributed by atoms with Crippen LogP contribution < -0.4 is 10.7 Å². The Kier molecular flexibility index (Phi) is 7.43. The number of hydrogen-bond acceptors (Lipinski definition) is 8. The zero-order valence-corrected chi connectivity index (χ0v) is 20.6. The Labute approximate surface area is 213 Å². The molecule has 1 aromatic carbocycles. The van der Waals surface area contributed by atoms with Gasteiger partial charge < -0.3 is 10.1 Å². The topological polar surface area (TPSA) is 120 Å². The van der Waals surface area contributed by atoms with E-state index in [9.17, 15) is 9.59 Å². The molecule has 0 atom stereocenters. The van der Waals surface area contributed by atoms with Crippen LogP contribution in [0.5, 0.6) is 0 Å². The van der Waals surface area contributed by atoms with E-state index < -0.39 is 0 Å². The highest BCUT2D eigenvalue weighted by Crippen LogP contribution is 2.18. The summed E-state index contributed by atoms with van der Waals surface area (Å²) in [5.41, 5.74) is 3.17. The maximum absolute atomic E-state index is 12.5. The molecule has 0 unspecified atom stereocenters. The summed E-state index contributed by atoms with van der Waals surface area (Å²) in [6.45, 7) is 4.57. The fraction of sp³-hybridized carbons (Fsp3) is 0.308. The summed E-state index contributed by atoms with van der Waals surface area (Å²) < 4.78 is 8.66. The van der Waals surface area contributed by atoms with Crippen LogP contribution >= 0.6 is 0 Å². The lowest BCUT2D eigenvalue weighted by Gasteiger charge is -2.26. The number of nitrogens with one attached hydrogen (secondary N) is 1. The molecule has 4 heterocycles. The Morgan fingerprint density at radius 2 is 1.92 bits per heavy atom. The first-order valence-corrected chi connectivity index (χ1v) is 12.1. The number of carbonyl (C=O) groups is 1. The highest BCUT2D eigenvalue weighted by atomic mass is 16.5. The normalized spacial score (nSPS) is 14.0. The second-order valence-corrected chi connectivity index (χ2v) is 8.83. The third-order valence-corrected chi connectivity index (χ3v) is 6.12. The number of aryl methyl sites for hydroxylation is 1. The van der Waals surface area contributed by atoms with Gasteiger partial charge in [-0.2, -0.15) is 10.2 Å². The van der Waals surface area contributed by atoms with E-state index in [4.69, 9.17) is 4.74 Å². The van der Waals surface area contributed by atoms with Gasteiger partial charge in [-0.15, -0.1) is 0 Å². The molecule has 5 rings (SSSR count). The highest BCUT2D eigenvalue weighted by Gasteiger charge is 2.13. The van der Waals surface area contributed by atoms with Crippen molar-refractivity contribution in [2.24, 2.45) is 7.05 Å². The molecule has 4 aromatic rings. The second-order valence-electron chi connectivity index (χ2n) is 8.83.